The summed E-state index contributed by atoms with van der Waals surface area (Å²) in [6.45, 7) is 6.51. The lowest BCUT2D eigenvalue weighted by Crippen LogP contribution is -2.70. The number of hydrogen-bond donors (Lipinski definition) is 2. The number of ether oxygens (including phenoxy) is 3. The van der Waals surface area contributed by atoms with E-state index in [1.54, 1.807) is 41.3 Å². The summed E-state index contributed by atoms with van der Waals surface area (Å²) in [5, 5.41) is 47.8. The molecule has 15 heteroatoms. The summed E-state index contributed by atoms with van der Waals surface area (Å²) in [6, 6.07) is 35.2. The van der Waals surface area contributed by atoms with Crippen LogP contribution in [0.15, 0.2) is 157 Å². The maximum Gasteiger partial charge on any atom is 0.269 e. The molecular formula is C58H62N4O11. The Morgan fingerprint density at radius 3 is 2.16 bits per heavy atom. The van der Waals surface area contributed by atoms with Gasteiger partial charge in [0.2, 0.25) is 11.7 Å². The van der Waals surface area contributed by atoms with Gasteiger partial charge in [0.25, 0.3) is 11.4 Å². The number of nitrogens with zero attached hydrogens (tertiary/aromatic N) is 4. The highest BCUT2D eigenvalue weighted by Crippen LogP contribution is 2.62. The Balaban J connectivity index is 1.28. The Bertz CT molecular complexity index is 2800. The third-order valence-corrected chi connectivity index (χ3v) is 14.0. The van der Waals surface area contributed by atoms with Gasteiger partial charge in [-0.3, -0.25) is 25.0 Å². The van der Waals surface area contributed by atoms with Gasteiger partial charge in [-0.25, -0.2) is 0 Å². The van der Waals surface area contributed by atoms with Crippen LogP contribution in [0.5, 0.6) is 17.2 Å². The molecule has 1 aliphatic heterocycles. The van der Waals surface area contributed by atoms with Crippen LogP contribution >= 0.6 is 0 Å². The molecule has 0 unspecified atom stereocenters. The molecule has 380 valence electrons. The van der Waals surface area contributed by atoms with E-state index in [2.05, 4.69) is 24.8 Å². The standard InChI is InChI=1S/C58H62N4O11/c1-3-32-60(55(65)31-20-40-16-23-45(24-17-40)61(66)67)54-38-52(59-71-39-41-18-25-46(26-19-41)62(68)69)50-36-44(14-8-10-33-63)49(15-9-11-34-64)56-51-37-48(29-30-53(51)73-58(54,57(50)56)70-35-4-2)72-47-27-21-43(22-28-47)42-12-6-5-7-13-42/h4-7,12-13,16-31,36-37,44,49,54,56-57,63-64H,2-3,8-11,14-15,32-35,38-39H2,1H3/t44-,49+,54-,56+,57+,58+/m0/s1. The number of allylic oxidation sites excluding steroid dienone is 1. The van der Waals surface area contributed by atoms with Crippen molar-refractivity contribution in [1.29, 1.82) is 0 Å². The second-order valence-corrected chi connectivity index (χ2v) is 18.7. The number of unbranched alkanes of at least 4 members (excludes halogenated alkanes) is 2. The van der Waals surface area contributed by atoms with Crippen molar-refractivity contribution >= 4 is 29.1 Å². The number of aliphatic hydroxyl groups excluding tert-OH is 2. The third kappa shape index (κ3) is 11.9. The molecule has 5 aromatic rings. The maximum absolute atomic E-state index is 14.9. The number of hydrogen-bond acceptors (Lipinski definition) is 12. The highest BCUT2D eigenvalue weighted by Gasteiger charge is 2.65. The van der Waals surface area contributed by atoms with Crippen LogP contribution in [-0.4, -0.2) is 74.8 Å². The highest BCUT2D eigenvalue weighted by molar-refractivity contribution is 6.03. The van der Waals surface area contributed by atoms with Gasteiger partial charge in [-0.2, -0.15) is 0 Å². The normalized spacial score (nSPS) is 21.3. The fraction of sp³-hybridized carbons (Fsp3) is 0.345. The largest absolute Gasteiger partial charge is 0.459 e. The van der Waals surface area contributed by atoms with Gasteiger partial charge in [0, 0.05) is 68.0 Å². The minimum atomic E-state index is -1.51. The first kappa shape index (κ1) is 51.9. The molecule has 2 N–H and O–H groups in total. The molecule has 0 spiro atoms. The maximum atomic E-state index is 14.9. The fourth-order valence-corrected chi connectivity index (χ4v) is 10.7. The summed E-state index contributed by atoms with van der Waals surface area (Å²) in [4.78, 5) is 44.8. The lowest BCUT2D eigenvalue weighted by atomic mass is 9.55. The van der Waals surface area contributed by atoms with Gasteiger partial charge < -0.3 is 34.2 Å². The smallest absolute Gasteiger partial charge is 0.269 e. The molecule has 3 aliphatic rings. The van der Waals surface area contributed by atoms with Gasteiger partial charge in [0.15, 0.2) is 0 Å². The number of amides is 1. The fourth-order valence-electron chi connectivity index (χ4n) is 10.7. The van der Waals surface area contributed by atoms with Crippen molar-refractivity contribution in [2.75, 3.05) is 26.4 Å². The van der Waals surface area contributed by atoms with Gasteiger partial charge in [-0.05, 0) is 132 Å². The molecule has 8 rings (SSSR count). The van der Waals surface area contributed by atoms with E-state index in [9.17, 15) is 35.2 Å². The molecule has 1 saturated carbocycles. The number of fused-ring (bicyclic) bond motifs is 2. The van der Waals surface area contributed by atoms with Crippen LogP contribution in [0.2, 0.25) is 0 Å². The van der Waals surface area contributed by atoms with E-state index in [4.69, 9.17) is 24.2 Å². The van der Waals surface area contributed by atoms with E-state index in [0.29, 0.717) is 59.9 Å². The van der Waals surface area contributed by atoms with E-state index in [1.807, 2.05) is 67.6 Å². The van der Waals surface area contributed by atoms with Gasteiger partial charge in [0.05, 0.1) is 28.1 Å². The number of aliphatic hydroxyl groups is 2. The molecule has 0 aromatic heterocycles. The Morgan fingerprint density at radius 2 is 1.51 bits per heavy atom. The molecule has 0 radical (unpaired) electrons. The van der Waals surface area contributed by atoms with E-state index in [-0.39, 0.29) is 67.9 Å². The van der Waals surface area contributed by atoms with E-state index < -0.39 is 27.6 Å². The number of non-ortho nitro benzene ring substituents is 2. The molecule has 73 heavy (non-hydrogen) atoms. The highest BCUT2D eigenvalue weighted by atomic mass is 16.7. The zero-order chi connectivity index (χ0) is 51.3. The third-order valence-electron chi connectivity index (χ3n) is 14.0. The van der Waals surface area contributed by atoms with Crippen LogP contribution in [0.4, 0.5) is 11.4 Å². The number of nitro benzene ring substituents is 2. The van der Waals surface area contributed by atoms with Gasteiger partial charge in [-0.15, -0.1) is 6.58 Å². The number of carbonyl (C=O) groups excluding carboxylic acids is 1. The Kier molecular flexibility index (Phi) is 17.3. The quantitative estimate of drug-likeness (QED) is 0.0196. The Labute approximate surface area is 425 Å². The topological polar surface area (TPSA) is 196 Å². The Hall–Kier alpha value is -7.46. The molecule has 15 nitrogen and oxygen atoms in total. The van der Waals surface area contributed by atoms with E-state index >= 15 is 0 Å². The summed E-state index contributed by atoms with van der Waals surface area (Å²) in [6.07, 6.45) is 12.0. The van der Waals surface area contributed by atoms with E-state index in [0.717, 1.165) is 47.9 Å². The molecule has 1 heterocycles. The number of rotatable bonds is 24. The Morgan fingerprint density at radius 1 is 0.849 bits per heavy atom. The molecule has 0 saturated heterocycles. The monoisotopic (exact) mass is 990 g/mol. The minimum Gasteiger partial charge on any atom is -0.459 e. The molecule has 1 fully saturated rings. The average Bonchev–Trinajstić information content (AvgIpc) is 3.42. The van der Waals surface area contributed by atoms with Crippen molar-refractivity contribution in [1.82, 2.24) is 4.90 Å². The van der Waals surface area contributed by atoms with Crippen LogP contribution in [0, 0.1) is 38.0 Å². The van der Waals surface area contributed by atoms with Gasteiger partial charge in [0.1, 0.15) is 29.9 Å². The lowest BCUT2D eigenvalue weighted by Gasteiger charge is -2.60. The van der Waals surface area contributed by atoms with Crippen LogP contribution in [-0.2, 0) is 21.0 Å². The van der Waals surface area contributed by atoms with Crippen molar-refractivity contribution in [3.8, 4) is 28.4 Å². The molecular weight excluding hydrogens is 929 g/mol. The zero-order valence-corrected chi connectivity index (χ0v) is 41.0. The van der Waals surface area contributed by atoms with Crippen LogP contribution in [0.25, 0.3) is 17.2 Å². The first-order valence-electron chi connectivity index (χ1n) is 25.1. The van der Waals surface area contributed by atoms with Gasteiger partial charge >= 0.3 is 0 Å². The van der Waals surface area contributed by atoms with Crippen LogP contribution in [0.1, 0.15) is 80.9 Å². The molecule has 2 aliphatic carbocycles. The summed E-state index contributed by atoms with van der Waals surface area (Å²) >= 11 is 0. The van der Waals surface area contributed by atoms with Crippen molar-refractivity contribution in [3.05, 3.63) is 189 Å². The predicted molar refractivity (Wildman–Crippen MR) is 279 cm³/mol. The van der Waals surface area contributed by atoms with Crippen LogP contribution in [0.3, 0.4) is 0 Å². The second kappa shape index (κ2) is 24.3. The molecule has 0 bridgehead atoms. The number of carbonyl (C=O) groups is 1. The summed E-state index contributed by atoms with van der Waals surface area (Å²) in [5.74, 6) is -0.975. The summed E-state index contributed by atoms with van der Waals surface area (Å²) in [7, 11) is 0. The zero-order valence-electron chi connectivity index (χ0n) is 41.0. The number of oxime groups is 1. The lowest BCUT2D eigenvalue weighted by molar-refractivity contribution is -0.385. The first-order valence-corrected chi connectivity index (χ1v) is 25.1. The van der Waals surface area contributed by atoms with Crippen LogP contribution < -0.4 is 9.47 Å². The predicted octanol–water partition coefficient (Wildman–Crippen LogP) is 11.7. The minimum absolute atomic E-state index is 0.0112. The van der Waals surface area contributed by atoms with Crippen molar-refractivity contribution in [3.63, 3.8) is 0 Å². The van der Waals surface area contributed by atoms with Crippen molar-refractivity contribution < 1.29 is 43.9 Å². The molecule has 5 aromatic carbocycles. The van der Waals surface area contributed by atoms with Gasteiger partial charge in [-0.1, -0.05) is 79.5 Å². The number of nitro groups is 2. The van der Waals surface area contributed by atoms with Crippen molar-refractivity contribution in [2.24, 2.45) is 22.9 Å². The molecule has 6 atom stereocenters. The second-order valence-electron chi connectivity index (χ2n) is 18.7. The summed E-state index contributed by atoms with van der Waals surface area (Å²) < 4.78 is 21.2. The first-order chi connectivity index (χ1) is 35.6. The summed E-state index contributed by atoms with van der Waals surface area (Å²) in [5.41, 5.74) is 5.64. The average molecular weight is 991 g/mol. The van der Waals surface area contributed by atoms with Crippen molar-refractivity contribution in [2.45, 2.75) is 82.6 Å². The molecule has 1 amide bonds. The number of benzene rings is 5. The van der Waals surface area contributed by atoms with E-state index in [1.165, 1.54) is 30.3 Å². The SMILES string of the molecule is C=CCO[C@@]12Oc3ccc(Oc4ccc(-c5ccccc5)cc4)cc3[C@H]3[C@H](CCCCO)[C@@H](CCCCO)C=C(C(=NOCc4ccc([N+](=O)[O-])cc4)C[C@@H]1N(CCC)C(=O)C=Cc1ccc([N+](=O)[O-])cc1)[C@H]32.